The average Bonchev–Trinajstić information content (AvgIpc) is 2.45. The fraction of sp³-hybridized carbons (Fsp3) is 0.143. The fourth-order valence-electron chi connectivity index (χ4n) is 1.87. The van der Waals surface area contributed by atoms with Gasteiger partial charge in [0, 0.05) is 5.69 Å². The van der Waals surface area contributed by atoms with E-state index in [0.29, 0.717) is 18.2 Å². The lowest BCUT2D eigenvalue weighted by Crippen LogP contribution is -2.19. The minimum Gasteiger partial charge on any atom is -0.280 e. The number of hydrogen-bond acceptors (Lipinski definition) is 2. The maximum atomic E-state index is 12.9. The van der Waals surface area contributed by atoms with Crippen LogP contribution in [0.2, 0.25) is 0 Å². The molecule has 0 aliphatic heterocycles. The quantitative estimate of drug-likeness (QED) is 0.809. The number of benzene rings is 2. The van der Waals surface area contributed by atoms with Crippen molar-refractivity contribution < 1.29 is 34.8 Å². The summed E-state index contributed by atoms with van der Waals surface area (Å²) in [4.78, 5) is -1.02. The van der Waals surface area contributed by atoms with Crippen LogP contribution in [-0.2, 0) is 22.4 Å². The first-order chi connectivity index (χ1) is 10.9. The number of alkyl halides is 6. The van der Waals surface area contributed by atoms with Crippen molar-refractivity contribution >= 4 is 15.7 Å². The molecule has 0 heterocycles. The summed E-state index contributed by atoms with van der Waals surface area (Å²) >= 11 is 0. The summed E-state index contributed by atoms with van der Waals surface area (Å²) in [5.41, 5.74) is -2.68. The normalized spacial score (nSPS) is 12.9. The van der Waals surface area contributed by atoms with E-state index in [-0.39, 0.29) is 5.69 Å². The van der Waals surface area contributed by atoms with E-state index >= 15 is 0 Å². The Hall–Kier alpha value is -2.23. The van der Waals surface area contributed by atoms with Gasteiger partial charge >= 0.3 is 12.4 Å². The molecule has 0 aliphatic carbocycles. The zero-order valence-corrected chi connectivity index (χ0v) is 12.4. The second kappa shape index (κ2) is 6.00. The predicted molar refractivity (Wildman–Crippen MR) is 73.7 cm³/mol. The Morgan fingerprint density at radius 3 is 1.79 bits per heavy atom. The van der Waals surface area contributed by atoms with Crippen LogP contribution in [0.4, 0.5) is 32.0 Å². The van der Waals surface area contributed by atoms with Crippen LogP contribution in [0.3, 0.4) is 0 Å². The first-order valence-corrected chi connectivity index (χ1v) is 7.76. The van der Waals surface area contributed by atoms with Gasteiger partial charge in [0.15, 0.2) is 0 Å². The third kappa shape index (κ3) is 3.99. The molecule has 0 unspecified atom stereocenters. The second-order valence-electron chi connectivity index (χ2n) is 4.67. The van der Waals surface area contributed by atoms with Gasteiger partial charge < -0.3 is 0 Å². The summed E-state index contributed by atoms with van der Waals surface area (Å²) in [6.45, 7) is 0. The number of rotatable bonds is 3. The van der Waals surface area contributed by atoms with Crippen LogP contribution in [0.15, 0.2) is 53.4 Å². The zero-order valence-electron chi connectivity index (χ0n) is 11.6. The lowest BCUT2D eigenvalue weighted by atomic mass is 10.2. The van der Waals surface area contributed by atoms with Crippen molar-refractivity contribution in [1.82, 2.24) is 0 Å². The summed E-state index contributed by atoms with van der Waals surface area (Å²) < 4.78 is 102. The highest BCUT2D eigenvalue weighted by molar-refractivity contribution is 7.92. The second-order valence-corrected chi connectivity index (χ2v) is 6.33. The van der Waals surface area contributed by atoms with Crippen LogP contribution in [0.1, 0.15) is 11.1 Å². The van der Waals surface area contributed by atoms with Crippen LogP contribution in [0.25, 0.3) is 0 Å². The van der Waals surface area contributed by atoms with Crippen LogP contribution in [-0.4, -0.2) is 8.42 Å². The summed E-state index contributed by atoms with van der Waals surface area (Å²) in [6.07, 6.45) is -9.51. The lowest BCUT2D eigenvalue weighted by molar-refractivity contribution is -0.140. The van der Waals surface area contributed by atoms with Gasteiger partial charge in [-0.15, -0.1) is 0 Å². The molecule has 0 bridgehead atoms. The molecule has 2 rings (SSSR count). The van der Waals surface area contributed by atoms with Crippen molar-refractivity contribution in [2.45, 2.75) is 17.2 Å². The molecule has 10 heteroatoms. The number of halogens is 6. The summed E-state index contributed by atoms with van der Waals surface area (Å²) in [6, 6.07) is 6.36. The molecular formula is C14H9F6NO2S. The van der Waals surface area contributed by atoms with Gasteiger partial charge in [0.2, 0.25) is 0 Å². The molecule has 0 radical (unpaired) electrons. The highest BCUT2D eigenvalue weighted by Gasteiger charge is 2.37. The summed E-state index contributed by atoms with van der Waals surface area (Å²) in [5.74, 6) is 0. The van der Waals surface area contributed by atoms with E-state index in [1.807, 2.05) is 4.72 Å². The SMILES string of the molecule is O=S(=O)(Nc1ccc(C(F)(F)F)cc1)c1ccccc1C(F)(F)F. The summed E-state index contributed by atoms with van der Waals surface area (Å²) in [7, 11) is -4.63. The van der Waals surface area contributed by atoms with Gasteiger partial charge in [0.1, 0.15) is 0 Å². The van der Waals surface area contributed by atoms with Gasteiger partial charge in [0.05, 0.1) is 16.0 Å². The number of anilines is 1. The minimum atomic E-state index is -4.90. The topological polar surface area (TPSA) is 46.2 Å². The molecule has 0 aromatic heterocycles. The Morgan fingerprint density at radius 1 is 0.750 bits per heavy atom. The molecule has 0 saturated carbocycles. The molecule has 0 amide bonds. The predicted octanol–water partition coefficient (Wildman–Crippen LogP) is 4.53. The number of nitrogens with one attached hydrogen (secondary N) is 1. The molecule has 0 aliphatic rings. The summed E-state index contributed by atoms with van der Waals surface area (Å²) in [5, 5.41) is 0. The van der Waals surface area contributed by atoms with E-state index in [1.165, 1.54) is 0 Å². The molecular weight excluding hydrogens is 360 g/mol. The van der Waals surface area contributed by atoms with Crippen molar-refractivity contribution in [2.24, 2.45) is 0 Å². The Bertz CT molecular complexity index is 826. The van der Waals surface area contributed by atoms with Crippen LogP contribution < -0.4 is 4.72 Å². The van der Waals surface area contributed by atoms with E-state index in [1.54, 1.807) is 0 Å². The molecule has 24 heavy (non-hydrogen) atoms. The Labute approximate surface area is 133 Å². The first kappa shape index (κ1) is 18.1. The molecule has 130 valence electrons. The van der Waals surface area contributed by atoms with E-state index in [4.69, 9.17) is 0 Å². The Balaban J connectivity index is 2.37. The molecule has 3 nitrogen and oxygen atoms in total. The fourth-order valence-corrected chi connectivity index (χ4v) is 3.16. The van der Waals surface area contributed by atoms with Crippen LogP contribution >= 0.6 is 0 Å². The van der Waals surface area contributed by atoms with Crippen molar-refractivity contribution in [2.75, 3.05) is 4.72 Å². The van der Waals surface area contributed by atoms with Gasteiger partial charge in [-0.25, -0.2) is 8.42 Å². The van der Waals surface area contributed by atoms with Crippen molar-refractivity contribution in [3.05, 3.63) is 59.7 Å². The van der Waals surface area contributed by atoms with Gasteiger partial charge in [-0.05, 0) is 36.4 Å². The van der Waals surface area contributed by atoms with Crippen molar-refractivity contribution in [1.29, 1.82) is 0 Å². The van der Waals surface area contributed by atoms with Crippen LogP contribution in [0.5, 0.6) is 0 Å². The maximum absolute atomic E-state index is 12.9. The number of hydrogen-bond donors (Lipinski definition) is 1. The van der Waals surface area contributed by atoms with Gasteiger partial charge in [0.25, 0.3) is 10.0 Å². The smallest absolute Gasteiger partial charge is 0.280 e. The molecule has 1 N–H and O–H groups in total. The minimum absolute atomic E-state index is 0.292. The van der Waals surface area contributed by atoms with Crippen LogP contribution in [0, 0.1) is 0 Å². The first-order valence-electron chi connectivity index (χ1n) is 6.27. The Morgan fingerprint density at radius 2 is 1.29 bits per heavy atom. The molecule has 0 atom stereocenters. The van der Waals surface area contributed by atoms with Gasteiger partial charge in [-0.1, -0.05) is 12.1 Å². The van der Waals surface area contributed by atoms with Crippen molar-refractivity contribution in [3.8, 4) is 0 Å². The molecule has 0 saturated heterocycles. The van der Waals surface area contributed by atoms with Gasteiger partial charge in [-0.3, -0.25) is 4.72 Å². The van der Waals surface area contributed by atoms with Crippen molar-refractivity contribution in [3.63, 3.8) is 0 Å². The molecule has 0 spiro atoms. The zero-order chi connectivity index (χ0) is 18.2. The highest BCUT2D eigenvalue weighted by Crippen LogP contribution is 2.35. The standard InChI is InChI=1S/C14H9F6NO2S/c15-13(16,17)9-5-7-10(8-6-9)21-24(22,23)12-4-2-1-3-11(12)14(18,19)20/h1-8,21H. The largest absolute Gasteiger partial charge is 0.417 e. The maximum Gasteiger partial charge on any atom is 0.417 e. The highest BCUT2D eigenvalue weighted by atomic mass is 32.2. The van der Waals surface area contributed by atoms with E-state index in [2.05, 4.69) is 0 Å². The third-order valence-corrected chi connectivity index (χ3v) is 4.39. The van der Waals surface area contributed by atoms with E-state index in [9.17, 15) is 34.8 Å². The monoisotopic (exact) mass is 369 g/mol. The Kier molecular flexibility index (Phi) is 4.53. The molecule has 0 fully saturated rings. The third-order valence-electron chi connectivity index (χ3n) is 2.95. The molecule has 2 aromatic carbocycles. The van der Waals surface area contributed by atoms with E-state index < -0.39 is 38.4 Å². The average molecular weight is 369 g/mol. The van der Waals surface area contributed by atoms with Gasteiger partial charge in [-0.2, -0.15) is 26.3 Å². The number of sulfonamides is 1. The molecule has 2 aromatic rings. The lowest BCUT2D eigenvalue weighted by Gasteiger charge is -2.14. The van der Waals surface area contributed by atoms with E-state index in [0.717, 1.165) is 30.3 Å².